The Balaban J connectivity index is 2.07. The molecule has 3 nitrogen and oxygen atoms in total. The summed E-state index contributed by atoms with van der Waals surface area (Å²) < 4.78 is 0. The molecular formula is C14H22ClN3. The molecule has 0 bridgehead atoms. The Morgan fingerprint density at radius 2 is 2.06 bits per heavy atom. The topological polar surface area (TPSA) is 37.8 Å². The molecule has 1 fully saturated rings. The maximum atomic E-state index is 6.04. The molecule has 0 aliphatic heterocycles. The zero-order valence-electron chi connectivity index (χ0n) is 11.2. The lowest BCUT2D eigenvalue weighted by atomic mass is 9.83. The molecule has 1 aliphatic rings. The molecule has 4 heteroatoms. The predicted octanol–water partition coefficient (Wildman–Crippen LogP) is 4.21. The molecule has 100 valence electrons. The fourth-order valence-corrected chi connectivity index (χ4v) is 2.97. The average molecular weight is 268 g/mol. The normalized spacial score (nSPS) is 18.6. The second-order valence-corrected chi connectivity index (χ2v) is 5.55. The van der Waals surface area contributed by atoms with E-state index in [4.69, 9.17) is 11.6 Å². The largest absolute Gasteiger partial charge is 0.367 e. The van der Waals surface area contributed by atoms with Crippen molar-refractivity contribution in [1.29, 1.82) is 0 Å². The number of hydrogen-bond donors (Lipinski definition) is 1. The van der Waals surface area contributed by atoms with Crippen LogP contribution in [0.1, 0.15) is 51.0 Å². The highest BCUT2D eigenvalue weighted by Gasteiger charge is 2.23. The van der Waals surface area contributed by atoms with Crippen molar-refractivity contribution in [2.75, 3.05) is 5.32 Å². The summed E-state index contributed by atoms with van der Waals surface area (Å²) in [6.07, 6.45) is 9.47. The average Bonchev–Trinajstić information content (AvgIpc) is 2.41. The SMILES string of the molecule is CCC(Nc1ncnc(Cl)c1C)C1CCCCC1. The Morgan fingerprint density at radius 1 is 1.33 bits per heavy atom. The molecule has 0 amide bonds. The van der Waals surface area contributed by atoms with Crippen LogP contribution in [0.4, 0.5) is 5.82 Å². The van der Waals surface area contributed by atoms with Crippen LogP contribution in [-0.2, 0) is 0 Å². The van der Waals surface area contributed by atoms with Gasteiger partial charge in [-0.1, -0.05) is 37.8 Å². The lowest BCUT2D eigenvalue weighted by Crippen LogP contribution is -2.30. The summed E-state index contributed by atoms with van der Waals surface area (Å²) in [5, 5.41) is 4.12. The number of rotatable bonds is 4. The summed E-state index contributed by atoms with van der Waals surface area (Å²) in [5.74, 6) is 1.67. The first kappa shape index (κ1) is 13.6. The second-order valence-electron chi connectivity index (χ2n) is 5.20. The molecule has 1 saturated carbocycles. The van der Waals surface area contributed by atoms with E-state index in [1.165, 1.54) is 38.4 Å². The molecule has 0 saturated heterocycles. The van der Waals surface area contributed by atoms with Crippen molar-refractivity contribution in [2.24, 2.45) is 5.92 Å². The molecular weight excluding hydrogens is 246 g/mol. The molecule has 1 unspecified atom stereocenters. The standard InChI is InChI=1S/C14H22ClN3/c1-3-12(11-7-5-4-6-8-11)18-14-10(2)13(15)16-9-17-14/h9,11-12H,3-8H2,1-2H3,(H,16,17,18). The van der Waals surface area contributed by atoms with Gasteiger partial charge in [-0.15, -0.1) is 0 Å². The van der Waals surface area contributed by atoms with Gasteiger partial charge in [0.25, 0.3) is 0 Å². The van der Waals surface area contributed by atoms with Gasteiger partial charge in [-0.3, -0.25) is 0 Å². The van der Waals surface area contributed by atoms with Gasteiger partial charge in [-0.2, -0.15) is 0 Å². The third-order valence-corrected chi connectivity index (χ3v) is 4.38. The van der Waals surface area contributed by atoms with Gasteiger partial charge in [0.05, 0.1) is 0 Å². The predicted molar refractivity (Wildman–Crippen MR) is 76.1 cm³/mol. The van der Waals surface area contributed by atoms with E-state index in [-0.39, 0.29) is 0 Å². The number of nitrogens with zero attached hydrogens (tertiary/aromatic N) is 2. The number of aromatic nitrogens is 2. The van der Waals surface area contributed by atoms with Crippen molar-refractivity contribution in [1.82, 2.24) is 9.97 Å². The van der Waals surface area contributed by atoms with E-state index in [1.54, 1.807) is 0 Å². The molecule has 0 aromatic carbocycles. The Hall–Kier alpha value is -0.830. The van der Waals surface area contributed by atoms with Gasteiger partial charge in [-0.25, -0.2) is 9.97 Å². The summed E-state index contributed by atoms with van der Waals surface area (Å²) in [6, 6.07) is 0.509. The van der Waals surface area contributed by atoms with E-state index in [1.807, 2.05) is 6.92 Å². The minimum absolute atomic E-state index is 0.509. The molecule has 0 spiro atoms. The van der Waals surface area contributed by atoms with Crippen molar-refractivity contribution in [2.45, 2.75) is 58.4 Å². The summed E-state index contributed by atoms with van der Waals surface area (Å²) in [4.78, 5) is 8.31. The van der Waals surface area contributed by atoms with Crippen LogP contribution < -0.4 is 5.32 Å². The zero-order valence-corrected chi connectivity index (χ0v) is 12.0. The van der Waals surface area contributed by atoms with Crippen LogP contribution in [0.15, 0.2) is 6.33 Å². The summed E-state index contributed by atoms with van der Waals surface area (Å²) in [7, 11) is 0. The summed E-state index contributed by atoms with van der Waals surface area (Å²) >= 11 is 6.04. The fraction of sp³-hybridized carbons (Fsp3) is 0.714. The van der Waals surface area contributed by atoms with Crippen molar-refractivity contribution in [3.8, 4) is 0 Å². The number of nitrogens with one attached hydrogen (secondary N) is 1. The van der Waals surface area contributed by atoms with E-state index in [0.29, 0.717) is 11.2 Å². The van der Waals surface area contributed by atoms with Gasteiger partial charge in [-0.05, 0) is 32.1 Å². The van der Waals surface area contributed by atoms with Crippen LogP contribution in [0.3, 0.4) is 0 Å². The molecule has 1 aliphatic carbocycles. The maximum Gasteiger partial charge on any atom is 0.137 e. The molecule has 1 N–H and O–H groups in total. The van der Waals surface area contributed by atoms with Crippen molar-refractivity contribution < 1.29 is 0 Å². The lowest BCUT2D eigenvalue weighted by molar-refractivity contribution is 0.312. The lowest BCUT2D eigenvalue weighted by Gasteiger charge is -2.31. The molecule has 0 radical (unpaired) electrons. The second kappa shape index (κ2) is 6.37. The van der Waals surface area contributed by atoms with E-state index in [2.05, 4.69) is 22.2 Å². The smallest absolute Gasteiger partial charge is 0.137 e. The first-order valence-electron chi connectivity index (χ1n) is 6.96. The Morgan fingerprint density at radius 3 is 2.72 bits per heavy atom. The Bertz CT molecular complexity index is 389. The van der Waals surface area contributed by atoms with E-state index < -0.39 is 0 Å². The minimum Gasteiger partial charge on any atom is -0.367 e. The van der Waals surface area contributed by atoms with Crippen LogP contribution >= 0.6 is 11.6 Å². The molecule has 1 atom stereocenters. The zero-order chi connectivity index (χ0) is 13.0. The highest BCUT2D eigenvalue weighted by atomic mass is 35.5. The first-order valence-corrected chi connectivity index (χ1v) is 7.33. The Labute approximate surface area is 114 Å². The third-order valence-electron chi connectivity index (χ3n) is 4.00. The minimum atomic E-state index is 0.509. The van der Waals surface area contributed by atoms with Crippen LogP contribution in [0, 0.1) is 12.8 Å². The van der Waals surface area contributed by atoms with E-state index in [9.17, 15) is 0 Å². The van der Waals surface area contributed by atoms with Gasteiger partial charge in [0.2, 0.25) is 0 Å². The van der Waals surface area contributed by atoms with Gasteiger partial charge in [0, 0.05) is 11.6 Å². The van der Waals surface area contributed by atoms with E-state index in [0.717, 1.165) is 23.7 Å². The van der Waals surface area contributed by atoms with Gasteiger partial charge >= 0.3 is 0 Å². The highest BCUT2D eigenvalue weighted by molar-refractivity contribution is 6.30. The molecule has 1 aromatic rings. The molecule has 1 heterocycles. The number of hydrogen-bond acceptors (Lipinski definition) is 3. The van der Waals surface area contributed by atoms with Gasteiger partial charge in [0.15, 0.2) is 0 Å². The fourth-order valence-electron chi connectivity index (χ4n) is 2.84. The summed E-state index contributed by atoms with van der Waals surface area (Å²) in [6.45, 7) is 4.21. The van der Waals surface area contributed by atoms with Crippen molar-refractivity contribution in [3.05, 3.63) is 17.0 Å². The molecule has 1 aromatic heterocycles. The summed E-state index contributed by atoms with van der Waals surface area (Å²) in [5.41, 5.74) is 0.952. The van der Waals surface area contributed by atoms with E-state index >= 15 is 0 Å². The van der Waals surface area contributed by atoms with Gasteiger partial charge < -0.3 is 5.32 Å². The number of anilines is 1. The van der Waals surface area contributed by atoms with Crippen LogP contribution in [0.25, 0.3) is 0 Å². The first-order chi connectivity index (χ1) is 8.72. The molecule has 18 heavy (non-hydrogen) atoms. The number of halogens is 1. The highest BCUT2D eigenvalue weighted by Crippen LogP contribution is 2.30. The van der Waals surface area contributed by atoms with Crippen LogP contribution in [0.5, 0.6) is 0 Å². The Kier molecular flexibility index (Phi) is 4.81. The maximum absolute atomic E-state index is 6.04. The van der Waals surface area contributed by atoms with Crippen LogP contribution in [-0.4, -0.2) is 16.0 Å². The quantitative estimate of drug-likeness (QED) is 0.831. The van der Waals surface area contributed by atoms with Crippen LogP contribution in [0.2, 0.25) is 5.15 Å². The molecule has 2 rings (SSSR count). The van der Waals surface area contributed by atoms with Crippen molar-refractivity contribution in [3.63, 3.8) is 0 Å². The monoisotopic (exact) mass is 267 g/mol. The third kappa shape index (κ3) is 3.14. The van der Waals surface area contributed by atoms with Gasteiger partial charge in [0.1, 0.15) is 17.3 Å². The van der Waals surface area contributed by atoms with Crippen molar-refractivity contribution >= 4 is 17.4 Å².